The van der Waals surface area contributed by atoms with Gasteiger partial charge in [0.1, 0.15) is 0 Å². The van der Waals surface area contributed by atoms with E-state index >= 15 is 0 Å². The molecule has 1 aromatic heterocycles. The minimum absolute atomic E-state index is 0. The molecule has 0 bridgehead atoms. The summed E-state index contributed by atoms with van der Waals surface area (Å²) in [5.74, 6) is 1.46. The second kappa shape index (κ2) is 8.98. The summed E-state index contributed by atoms with van der Waals surface area (Å²) in [7, 11) is 1.85. The van der Waals surface area contributed by atoms with E-state index in [1.807, 2.05) is 18.4 Å². The third-order valence-corrected chi connectivity index (χ3v) is 5.73. The Bertz CT molecular complexity index is 421. The Morgan fingerprint density at radius 3 is 2.67 bits per heavy atom. The normalized spacial score (nSPS) is 18.3. The first-order chi connectivity index (χ1) is 9.69. The molecule has 120 valence electrons. The van der Waals surface area contributed by atoms with E-state index in [2.05, 4.69) is 47.0 Å². The average molecular weight is 421 g/mol. The van der Waals surface area contributed by atoms with Crippen molar-refractivity contribution < 1.29 is 0 Å². The number of halogens is 1. The third kappa shape index (κ3) is 5.13. The molecule has 2 rings (SSSR count). The number of nitrogens with one attached hydrogen (secondary N) is 2. The molecule has 5 heteroatoms. The average Bonchev–Trinajstić information content (AvgIpc) is 2.95. The van der Waals surface area contributed by atoms with Crippen molar-refractivity contribution in [3.8, 4) is 0 Å². The van der Waals surface area contributed by atoms with Crippen molar-refractivity contribution >= 4 is 41.3 Å². The van der Waals surface area contributed by atoms with Gasteiger partial charge in [0.25, 0.3) is 0 Å². The molecule has 1 aliphatic carbocycles. The zero-order valence-corrected chi connectivity index (χ0v) is 16.5. The summed E-state index contributed by atoms with van der Waals surface area (Å²) >= 11 is 1.82. The van der Waals surface area contributed by atoms with Gasteiger partial charge in [-0.25, -0.2) is 0 Å². The predicted octanol–water partition coefficient (Wildman–Crippen LogP) is 4.21. The zero-order valence-electron chi connectivity index (χ0n) is 13.3. The molecule has 21 heavy (non-hydrogen) atoms. The van der Waals surface area contributed by atoms with Crippen LogP contribution >= 0.6 is 35.3 Å². The molecule has 0 aromatic carbocycles. The molecule has 3 nitrogen and oxygen atoms in total. The Balaban J connectivity index is 0.00000220. The molecule has 1 aliphatic rings. The van der Waals surface area contributed by atoms with Gasteiger partial charge in [-0.15, -0.1) is 35.3 Å². The fourth-order valence-electron chi connectivity index (χ4n) is 2.75. The number of hydrogen-bond acceptors (Lipinski definition) is 2. The van der Waals surface area contributed by atoms with Crippen LogP contribution in [-0.4, -0.2) is 26.1 Å². The van der Waals surface area contributed by atoms with Crippen LogP contribution in [0.4, 0.5) is 0 Å². The smallest absolute Gasteiger partial charge is 0.191 e. The predicted molar refractivity (Wildman–Crippen MR) is 104 cm³/mol. The molecule has 1 saturated carbocycles. The van der Waals surface area contributed by atoms with Crippen LogP contribution in [-0.2, 0) is 0 Å². The van der Waals surface area contributed by atoms with Gasteiger partial charge < -0.3 is 10.6 Å². The molecule has 0 radical (unpaired) electrons. The molecule has 1 aromatic rings. The molecule has 1 atom stereocenters. The van der Waals surface area contributed by atoms with E-state index < -0.39 is 0 Å². The highest BCUT2D eigenvalue weighted by Gasteiger charge is 2.34. The number of nitrogens with zero attached hydrogens (tertiary/aromatic N) is 1. The van der Waals surface area contributed by atoms with Crippen molar-refractivity contribution in [2.45, 2.75) is 45.4 Å². The molecular formula is C16H28IN3S. The van der Waals surface area contributed by atoms with Gasteiger partial charge >= 0.3 is 0 Å². The Morgan fingerprint density at radius 1 is 1.43 bits per heavy atom. The summed E-state index contributed by atoms with van der Waals surface area (Å²) in [6.45, 7) is 6.54. The molecule has 0 saturated heterocycles. The Kier molecular flexibility index (Phi) is 8.02. The van der Waals surface area contributed by atoms with Crippen LogP contribution in [0.1, 0.15) is 50.3 Å². The highest BCUT2D eigenvalue weighted by molar-refractivity contribution is 14.0. The van der Waals surface area contributed by atoms with Gasteiger partial charge in [0.2, 0.25) is 0 Å². The van der Waals surface area contributed by atoms with E-state index in [9.17, 15) is 0 Å². The monoisotopic (exact) mass is 421 g/mol. The molecule has 1 unspecified atom stereocenters. The maximum atomic E-state index is 4.33. The lowest BCUT2D eigenvalue weighted by atomic mass is 9.67. The van der Waals surface area contributed by atoms with E-state index in [-0.39, 0.29) is 24.0 Å². The van der Waals surface area contributed by atoms with Gasteiger partial charge in [-0.1, -0.05) is 26.3 Å². The topological polar surface area (TPSA) is 36.4 Å². The first-order valence-corrected chi connectivity index (χ1v) is 8.55. The lowest BCUT2D eigenvalue weighted by molar-refractivity contribution is 0.131. The van der Waals surface area contributed by atoms with E-state index in [4.69, 9.17) is 0 Å². The summed E-state index contributed by atoms with van der Waals surface area (Å²) in [4.78, 5) is 5.76. The Morgan fingerprint density at radius 2 is 2.19 bits per heavy atom. The Labute approximate surface area is 150 Å². The van der Waals surface area contributed by atoms with Crippen molar-refractivity contribution in [2.24, 2.45) is 10.4 Å². The second-order valence-corrected chi connectivity index (χ2v) is 6.91. The fraction of sp³-hybridized carbons (Fsp3) is 0.688. The first kappa shape index (κ1) is 18.7. The summed E-state index contributed by atoms with van der Waals surface area (Å²) in [6.07, 6.45) is 5.37. The van der Waals surface area contributed by atoms with Crippen molar-refractivity contribution in [1.82, 2.24) is 10.6 Å². The maximum Gasteiger partial charge on any atom is 0.191 e. The number of rotatable bonds is 6. The van der Waals surface area contributed by atoms with Crippen LogP contribution in [0.5, 0.6) is 0 Å². The van der Waals surface area contributed by atoms with Crippen LogP contribution in [0.25, 0.3) is 0 Å². The third-order valence-electron chi connectivity index (χ3n) is 4.62. The number of guanidine groups is 1. The number of hydrogen-bond donors (Lipinski definition) is 2. The highest BCUT2D eigenvalue weighted by atomic mass is 127. The van der Waals surface area contributed by atoms with E-state index in [0.29, 0.717) is 11.3 Å². The minimum atomic E-state index is 0. The van der Waals surface area contributed by atoms with Crippen LogP contribution in [0.3, 0.4) is 0 Å². The molecular weight excluding hydrogens is 393 g/mol. The Hall–Kier alpha value is -0.300. The number of thiophene rings is 1. The zero-order chi connectivity index (χ0) is 14.4. The van der Waals surface area contributed by atoms with Gasteiger partial charge in [0.15, 0.2) is 5.96 Å². The molecule has 0 spiro atoms. The van der Waals surface area contributed by atoms with E-state index in [0.717, 1.165) is 19.0 Å². The van der Waals surface area contributed by atoms with Gasteiger partial charge in [0.05, 0.1) is 0 Å². The summed E-state index contributed by atoms with van der Waals surface area (Å²) in [6, 6.07) is 4.32. The molecule has 0 amide bonds. The van der Waals surface area contributed by atoms with Crippen LogP contribution in [0, 0.1) is 5.41 Å². The quantitative estimate of drug-likeness (QED) is 0.410. The summed E-state index contributed by atoms with van der Waals surface area (Å²) in [5.41, 5.74) is 0.525. The van der Waals surface area contributed by atoms with Crippen molar-refractivity contribution in [2.75, 3.05) is 20.1 Å². The second-order valence-electron chi connectivity index (χ2n) is 5.93. The molecule has 1 fully saturated rings. The lowest BCUT2D eigenvalue weighted by Gasteiger charge is -2.41. The lowest BCUT2D eigenvalue weighted by Crippen LogP contribution is -2.46. The first-order valence-electron chi connectivity index (χ1n) is 7.67. The highest BCUT2D eigenvalue weighted by Crippen LogP contribution is 2.42. The standard InChI is InChI=1S/C16H27N3S.HI/c1-4-16(8-6-9-16)12-19-15(17-3)18-11-13(2)14-7-5-10-20-14;/h5,7,10,13H,4,6,8-9,11-12H2,1-3H3,(H2,17,18,19);1H. The van der Waals surface area contributed by atoms with E-state index in [1.165, 1.54) is 30.6 Å². The largest absolute Gasteiger partial charge is 0.356 e. The van der Waals surface area contributed by atoms with E-state index in [1.54, 1.807) is 0 Å². The van der Waals surface area contributed by atoms with Gasteiger partial charge in [0, 0.05) is 30.9 Å². The SMILES string of the molecule is CCC1(CNC(=NC)NCC(C)c2cccs2)CCC1.I. The maximum absolute atomic E-state index is 4.33. The van der Waals surface area contributed by atoms with Gasteiger partial charge in [-0.3, -0.25) is 4.99 Å². The van der Waals surface area contributed by atoms with Crippen LogP contribution < -0.4 is 10.6 Å². The summed E-state index contributed by atoms with van der Waals surface area (Å²) < 4.78 is 0. The van der Waals surface area contributed by atoms with Crippen molar-refractivity contribution in [3.05, 3.63) is 22.4 Å². The van der Waals surface area contributed by atoms with Gasteiger partial charge in [-0.2, -0.15) is 0 Å². The molecule has 1 heterocycles. The van der Waals surface area contributed by atoms with Crippen LogP contribution in [0.2, 0.25) is 0 Å². The minimum Gasteiger partial charge on any atom is -0.356 e. The summed E-state index contributed by atoms with van der Waals surface area (Å²) in [5, 5.41) is 9.09. The van der Waals surface area contributed by atoms with Crippen molar-refractivity contribution in [3.63, 3.8) is 0 Å². The molecule has 0 aliphatic heterocycles. The fourth-order valence-corrected chi connectivity index (χ4v) is 3.53. The van der Waals surface area contributed by atoms with Crippen LogP contribution in [0.15, 0.2) is 22.5 Å². The van der Waals surface area contributed by atoms with Gasteiger partial charge in [-0.05, 0) is 36.1 Å². The van der Waals surface area contributed by atoms with Crippen molar-refractivity contribution in [1.29, 1.82) is 0 Å². The number of aliphatic imine (C=N–C) groups is 1. The molecule has 2 N–H and O–H groups in total.